The van der Waals surface area contributed by atoms with Gasteiger partial charge in [-0.25, -0.2) is 9.97 Å². The number of ether oxygens (including phenoxy) is 2. The third kappa shape index (κ3) is 5.28. The monoisotopic (exact) mass is 476 g/mol. The number of hydrogen-bond donors (Lipinski definition) is 0. The summed E-state index contributed by atoms with van der Waals surface area (Å²) >= 11 is 0. The van der Waals surface area contributed by atoms with Gasteiger partial charge in [-0.15, -0.1) is 0 Å². The zero-order chi connectivity index (χ0) is 24.7. The Hall–Kier alpha value is -4.45. The van der Waals surface area contributed by atoms with E-state index in [2.05, 4.69) is 47.1 Å². The molecule has 0 aliphatic carbocycles. The van der Waals surface area contributed by atoms with Crippen LogP contribution in [-0.4, -0.2) is 41.8 Å². The average Bonchev–Trinajstić information content (AvgIpc) is 2.95. The van der Waals surface area contributed by atoms with Gasteiger partial charge in [0.25, 0.3) is 0 Å². The fraction of sp³-hybridized carbons (Fsp3) is 0.167. The second-order valence-corrected chi connectivity index (χ2v) is 8.40. The Balaban J connectivity index is 1.40. The molecule has 2 heterocycles. The Labute approximate surface area is 211 Å². The maximum Gasteiger partial charge on any atom is 0.163 e. The maximum absolute atomic E-state index is 5.96. The number of aromatic nitrogens is 3. The predicted molar refractivity (Wildman–Crippen MR) is 145 cm³/mol. The Bertz CT molecular complexity index is 1440. The first kappa shape index (κ1) is 23.3. The standard InChI is InChI=1S/C30H28N4O2/c1-3-34(2)30-27-20-23(14-15-28(27)32-29(33-30)24-10-8-16-31-21-24)22-9-7-13-26(19-22)36-18-17-35-25-11-5-4-6-12-25/h4-16,19-21H,3,17-18H2,1-2H3. The van der Waals surface area contributed by atoms with Crippen LogP contribution in [0.1, 0.15) is 6.92 Å². The van der Waals surface area contributed by atoms with Crippen molar-refractivity contribution in [2.24, 2.45) is 0 Å². The van der Waals surface area contributed by atoms with E-state index in [-0.39, 0.29) is 0 Å². The number of rotatable bonds is 9. The first-order chi connectivity index (χ1) is 17.7. The molecular weight excluding hydrogens is 448 g/mol. The number of benzene rings is 3. The summed E-state index contributed by atoms with van der Waals surface area (Å²) in [7, 11) is 2.05. The lowest BCUT2D eigenvalue weighted by molar-refractivity contribution is 0.217. The summed E-state index contributed by atoms with van der Waals surface area (Å²) in [6, 6.07) is 28.1. The zero-order valence-corrected chi connectivity index (χ0v) is 20.5. The van der Waals surface area contributed by atoms with E-state index in [9.17, 15) is 0 Å². The van der Waals surface area contributed by atoms with Crippen LogP contribution in [0.15, 0.2) is 97.3 Å². The minimum absolute atomic E-state index is 0.465. The van der Waals surface area contributed by atoms with Crippen molar-refractivity contribution in [1.29, 1.82) is 0 Å². The lowest BCUT2D eigenvalue weighted by atomic mass is 10.0. The smallest absolute Gasteiger partial charge is 0.163 e. The molecule has 36 heavy (non-hydrogen) atoms. The first-order valence-corrected chi connectivity index (χ1v) is 12.1. The molecule has 2 aromatic heterocycles. The van der Waals surface area contributed by atoms with Crippen molar-refractivity contribution in [1.82, 2.24) is 15.0 Å². The molecule has 0 amide bonds. The molecule has 0 atom stereocenters. The van der Waals surface area contributed by atoms with E-state index < -0.39 is 0 Å². The lowest BCUT2D eigenvalue weighted by Crippen LogP contribution is -2.18. The Morgan fingerprint density at radius 3 is 2.25 bits per heavy atom. The molecule has 0 spiro atoms. The van der Waals surface area contributed by atoms with Gasteiger partial charge in [-0.2, -0.15) is 0 Å². The second kappa shape index (κ2) is 10.9. The van der Waals surface area contributed by atoms with Crippen molar-refractivity contribution in [3.8, 4) is 34.0 Å². The molecule has 5 rings (SSSR count). The summed E-state index contributed by atoms with van der Waals surface area (Å²) < 4.78 is 11.7. The summed E-state index contributed by atoms with van der Waals surface area (Å²) in [6.07, 6.45) is 3.55. The molecule has 0 bridgehead atoms. The first-order valence-electron chi connectivity index (χ1n) is 12.1. The summed E-state index contributed by atoms with van der Waals surface area (Å²) in [5, 5.41) is 1.01. The van der Waals surface area contributed by atoms with E-state index in [1.54, 1.807) is 12.4 Å². The molecule has 0 saturated heterocycles. The van der Waals surface area contributed by atoms with Gasteiger partial charge in [-0.05, 0) is 66.6 Å². The van der Waals surface area contributed by atoms with Crippen molar-refractivity contribution in [2.75, 3.05) is 31.7 Å². The van der Waals surface area contributed by atoms with Gasteiger partial charge in [0.2, 0.25) is 0 Å². The molecule has 0 fully saturated rings. The second-order valence-electron chi connectivity index (χ2n) is 8.40. The molecule has 0 radical (unpaired) electrons. The van der Waals surface area contributed by atoms with Crippen molar-refractivity contribution in [3.05, 3.63) is 97.3 Å². The highest BCUT2D eigenvalue weighted by Gasteiger charge is 2.14. The third-order valence-corrected chi connectivity index (χ3v) is 5.96. The minimum atomic E-state index is 0.465. The van der Waals surface area contributed by atoms with E-state index in [0.717, 1.165) is 51.5 Å². The van der Waals surface area contributed by atoms with Crippen molar-refractivity contribution in [3.63, 3.8) is 0 Å². The molecule has 180 valence electrons. The fourth-order valence-corrected chi connectivity index (χ4v) is 3.96. The van der Waals surface area contributed by atoms with Gasteiger partial charge >= 0.3 is 0 Å². The van der Waals surface area contributed by atoms with Crippen LogP contribution in [0.2, 0.25) is 0 Å². The number of nitrogens with zero attached hydrogens (tertiary/aromatic N) is 4. The van der Waals surface area contributed by atoms with Crippen LogP contribution in [0.25, 0.3) is 33.4 Å². The normalized spacial score (nSPS) is 10.8. The highest BCUT2D eigenvalue weighted by molar-refractivity contribution is 5.94. The third-order valence-electron chi connectivity index (χ3n) is 5.96. The summed E-state index contributed by atoms with van der Waals surface area (Å²) in [6.45, 7) is 3.89. The molecule has 0 unspecified atom stereocenters. The van der Waals surface area contributed by atoms with Crippen LogP contribution in [0.3, 0.4) is 0 Å². The maximum atomic E-state index is 5.96. The largest absolute Gasteiger partial charge is 0.490 e. The highest BCUT2D eigenvalue weighted by atomic mass is 16.5. The van der Waals surface area contributed by atoms with Crippen LogP contribution in [-0.2, 0) is 0 Å². The van der Waals surface area contributed by atoms with E-state index in [0.29, 0.717) is 19.0 Å². The van der Waals surface area contributed by atoms with Gasteiger partial charge in [0.05, 0.1) is 5.52 Å². The number of pyridine rings is 1. The van der Waals surface area contributed by atoms with Gasteiger partial charge in [-0.1, -0.05) is 36.4 Å². The zero-order valence-electron chi connectivity index (χ0n) is 20.5. The van der Waals surface area contributed by atoms with Crippen LogP contribution in [0, 0.1) is 0 Å². The molecule has 0 aliphatic rings. The van der Waals surface area contributed by atoms with Crippen LogP contribution >= 0.6 is 0 Å². The highest BCUT2D eigenvalue weighted by Crippen LogP contribution is 2.32. The minimum Gasteiger partial charge on any atom is -0.490 e. The number of hydrogen-bond acceptors (Lipinski definition) is 6. The Kier molecular flexibility index (Phi) is 7.03. The van der Waals surface area contributed by atoms with E-state index in [1.807, 2.05) is 61.6 Å². The number of anilines is 1. The Morgan fingerprint density at radius 1 is 0.722 bits per heavy atom. The lowest BCUT2D eigenvalue weighted by Gasteiger charge is -2.19. The van der Waals surface area contributed by atoms with Crippen LogP contribution < -0.4 is 14.4 Å². The molecule has 5 aromatic rings. The van der Waals surface area contributed by atoms with E-state index >= 15 is 0 Å². The molecular formula is C30H28N4O2. The van der Waals surface area contributed by atoms with E-state index in [1.165, 1.54) is 0 Å². The molecule has 0 N–H and O–H groups in total. The van der Waals surface area contributed by atoms with Crippen molar-refractivity contribution >= 4 is 16.7 Å². The fourth-order valence-electron chi connectivity index (χ4n) is 3.96. The Morgan fingerprint density at radius 2 is 1.47 bits per heavy atom. The van der Waals surface area contributed by atoms with Gasteiger partial charge in [-0.3, -0.25) is 4.98 Å². The molecule has 0 saturated carbocycles. The van der Waals surface area contributed by atoms with Gasteiger partial charge in [0.1, 0.15) is 30.5 Å². The van der Waals surface area contributed by atoms with Gasteiger partial charge in [0.15, 0.2) is 5.82 Å². The molecule has 6 nitrogen and oxygen atoms in total. The van der Waals surface area contributed by atoms with Crippen LogP contribution in [0.5, 0.6) is 11.5 Å². The predicted octanol–water partition coefficient (Wildman–Crippen LogP) is 6.27. The summed E-state index contributed by atoms with van der Waals surface area (Å²) in [5.74, 6) is 3.21. The average molecular weight is 477 g/mol. The number of fused-ring (bicyclic) bond motifs is 1. The SMILES string of the molecule is CCN(C)c1nc(-c2cccnc2)nc2ccc(-c3cccc(OCCOc4ccccc4)c3)cc12. The van der Waals surface area contributed by atoms with Gasteiger partial charge in [0, 0.05) is 36.9 Å². The summed E-state index contributed by atoms with van der Waals surface area (Å²) in [4.78, 5) is 16.1. The molecule has 3 aromatic carbocycles. The van der Waals surface area contributed by atoms with Crippen LogP contribution in [0.4, 0.5) is 5.82 Å². The molecule has 0 aliphatic heterocycles. The quantitative estimate of drug-likeness (QED) is 0.234. The molecule has 6 heteroatoms. The number of para-hydroxylation sites is 1. The van der Waals surface area contributed by atoms with Gasteiger partial charge < -0.3 is 14.4 Å². The van der Waals surface area contributed by atoms with Crippen molar-refractivity contribution in [2.45, 2.75) is 6.92 Å². The topological polar surface area (TPSA) is 60.4 Å². The van der Waals surface area contributed by atoms with Crippen molar-refractivity contribution < 1.29 is 9.47 Å². The van der Waals surface area contributed by atoms with E-state index in [4.69, 9.17) is 19.4 Å². The summed E-state index contributed by atoms with van der Waals surface area (Å²) in [5.41, 5.74) is 3.94.